The molecule has 0 radical (unpaired) electrons. The van der Waals surface area contributed by atoms with Gasteiger partial charge in [-0.3, -0.25) is 14.4 Å². The Morgan fingerprint density at radius 3 is 2.23 bits per heavy atom. The summed E-state index contributed by atoms with van der Waals surface area (Å²) in [5.41, 5.74) is -1.80. The van der Waals surface area contributed by atoms with Crippen LogP contribution in [-0.4, -0.2) is 33.2 Å². The fourth-order valence-electron chi connectivity index (χ4n) is 2.62. The molecule has 1 rings (SSSR count). The molecule has 5 nitrogen and oxygen atoms in total. The monoisotopic (exact) mass is 308 g/mol. The molecule has 5 heteroatoms. The predicted octanol–water partition coefficient (Wildman–Crippen LogP) is 2.29. The van der Waals surface area contributed by atoms with Crippen LogP contribution in [0.5, 0.6) is 0 Å². The standard InChI is InChI=1S/C17H24O5/c1-9(2)6-7-12-15(20)14(13(19)8-10(3)4)16(21)17(12,22)11(5)18/h6,10,12,21-22H,7-8H2,1-5H3/t12-,17+/m0/s1. The van der Waals surface area contributed by atoms with Gasteiger partial charge in [-0.15, -0.1) is 0 Å². The number of rotatable bonds is 6. The molecule has 2 N–H and O–H groups in total. The van der Waals surface area contributed by atoms with Gasteiger partial charge in [-0.1, -0.05) is 25.5 Å². The van der Waals surface area contributed by atoms with Crippen molar-refractivity contribution in [1.82, 2.24) is 0 Å². The molecular weight excluding hydrogens is 284 g/mol. The summed E-state index contributed by atoms with van der Waals surface area (Å²) in [6.45, 7) is 8.38. The minimum Gasteiger partial charge on any atom is -0.508 e. The van der Waals surface area contributed by atoms with Gasteiger partial charge in [0.2, 0.25) is 0 Å². The lowest BCUT2D eigenvalue weighted by atomic mass is 9.83. The highest BCUT2D eigenvalue weighted by Crippen LogP contribution is 2.40. The van der Waals surface area contributed by atoms with Crippen LogP contribution in [-0.2, 0) is 14.4 Å². The predicted molar refractivity (Wildman–Crippen MR) is 82.3 cm³/mol. The van der Waals surface area contributed by atoms with Crippen LogP contribution in [0.15, 0.2) is 23.0 Å². The van der Waals surface area contributed by atoms with Crippen LogP contribution >= 0.6 is 0 Å². The second-order valence-corrected chi connectivity index (χ2v) is 6.50. The molecule has 0 aliphatic heterocycles. The van der Waals surface area contributed by atoms with Gasteiger partial charge >= 0.3 is 0 Å². The number of ketones is 3. The van der Waals surface area contributed by atoms with Crippen molar-refractivity contribution >= 4 is 17.3 Å². The Labute approximate surface area is 130 Å². The summed E-state index contributed by atoms with van der Waals surface area (Å²) in [6.07, 6.45) is 1.88. The highest BCUT2D eigenvalue weighted by Gasteiger charge is 2.57. The Bertz CT molecular complexity index is 564. The van der Waals surface area contributed by atoms with Crippen molar-refractivity contribution in [2.24, 2.45) is 11.8 Å². The smallest absolute Gasteiger partial charge is 0.190 e. The zero-order chi connectivity index (χ0) is 17.2. The van der Waals surface area contributed by atoms with Gasteiger partial charge in [0.15, 0.2) is 23.0 Å². The molecule has 0 spiro atoms. The summed E-state index contributed by atoms with van der Waals surface area (Å²) < 4.78 is 0. The molecule has 22 heavy (non-hydrogen) atoms. The first kappa shape index (κ1) is 18.3. The van der Waals surface area contributed by atoms with E-state index in [4.69, 9.17) is 0 Å². The summed E-state index contributed by atoms with van der Waals surface area (Å²) in [7, 11) is 0. The van der Waals surface area contributed by atoms with Crippen molar-refractivity contribution in [3.8, 4) is 0 Å². The Kier molecular flexibility index (Phi) is 5.46. The van der Waals surface area contributed by atoms with Crippen LogP contribution < -0.4 is 0 Å². The minimum absolute atomic E-state index is 0.00264. The third-order valence-electron chi connectivity index (χ3n) is 3.84. The van der Waals surface area contributed by atoms with Gasteiger partial charge in [0.25, 0.3) is 0 Å². The van der Waals surface area contributed by atoms with Gasteiger partial charge in [0, 0.05) is 6.42 Å². The van der Waals surface area contributed by atoms with Crippen molar-refractivity contribution in [2.75, 3.05) is 0 Å². The van der Waals surface area contributed by atoms with Gasteiger partial charge in [0.1, 0.15) is 11.3 Å². The fraction of sp³-hybridized carbons (Fsp3) is 0.588. The van der Waals surface area contributed by atoms with Crippen molar-refractivity contribution in [3.63, 3.8) is 0 Å². The normalized spacial score (nSPS) is 24.9. The molecule has 0 aromatic carbocycles. The quantitative estimate of drug-likeness (QED) is 0.580. The van der Waals surface area contributed by atoms with E-state index < -0.39 is 40.2 Å². The number of carbonyl (C=O) groups excluding carboxylic acids is 3. The molecule has 0 saturated heterocycles. The topological polar surface area (TPSA) is 91.7 Å². The van der Waals surface area contributed by atoms with Crippen molar-refractivity contribution < 1.29 is 24.6 Å². The zero-order valence-electron chi connectivity index (χ0n) is 13.8. The third-order valence-corrected chi connectivity index (χ3v) is 3.84. The summed E-state index contributed by atoms with van der Waals surface area (Å²) in [5.74, 6) is -3.86. The van der Waals surface area contributed by atoms with Gasteiger partial charge in [-0.05, 0) is 33.1 Å². The van der Waals surface area contributed by atoms with Crippen molar-refractivity contribution in [1.29, 1.82) is 0 Å². The maximum Gasteiger partial charge on any atom is 0.190 e. The lowest BCUT2D eigenvalue weighted by molar-refractivity contribution is -0.143. The van der Waals surface area contributed by atoms with E-state index in [1.807, 2.05) is 27.7 Å². The van der Waals surface area contributed by atoms with Gasteiger partial charge in [-0.2, -0.15) is 0 Å². The highest BCUT2D eigenvalue weighted by molar-refractivity contribution is 6.25. The van der Waals surface area contributed by atoms with Gasteiger partial charge in [-0.25, -0.2) is 0 Å². The largest absolute Gasteiger partial charge is 0.508 e. The molecule has 0 aromatic heterocycles. The summed E-state index contributed by atoms with van der Waals surface area (Å²) in [6, 6.07) is 0. The molecule has 122 valence electrons. The van der Waals surface area contributed by atoms with Crippen molar-refractivity contribution in [2.45, 2.75) is 53.1 Å². The lowest BCUT2D eigenvalue weighted by Crippen LogP contribution is -2.45. The van der Waals surface area contributed by atoms with E-state index >= 15 is 0 Å². The first-order chi connectivity index (χ1) is 10.0. The number of hydrogen-bond donors (Lipinski definition) is 2. The molecule has 2 atom stereocenters. The Balaban J connectivity index is 3.32. The van der Waals surface area contributed by atoms with E-state index in [0.717, 1.165) is 12.5 Å². The van der Waals surface area contributed by atoms with E-state index in [2.05, 4.69) is 0 Å². The molecule has 0 aromatic rings. The van der Waals surface area contributed by atoms with E-state index in [9.17, 15) is 24.6 Å². The lowest BCUT2D eigenvalue weighted by Gasteiger charge is -2.25. The Hall–Kier alpha value is -1.75. The van der Waals surface area contributed by atoms with E-state index in [1.165, 1.54) is 0 Å². The van der Waals surface area contributed by atoms with Crippen LogP contribution in [0.4, 0.5) is 0 Å². The van der Waals surface area contributed by atoms with Crippen molar-refractivity contribution in [3.05, 3.63) is 23.0 Å². The highest BCUT2D eigenvalue weighted by atomic mass is 16.3. The van der Waals surface area contributed by atoms with Crippen LogP contribution in [0.2, 0.25) is 0 Å². The molecule has 1 aliphatic rings. The minimum atomic E-state index is -2.30. The number of hydrogen-bond acceptors (Lipinski definition) is 5. The van der Waals surface area contributed by atoms with E-state index in [1.54, 1.807) is 6.08 Å². The maximum atomic E-state index is 12.5. The maximum absolute atomic E-state index is 12.5. The summed E-state index contributed by atoms with van der Waals surface area (Å²) >= 11 is 0. The fourth-order valence-corrected chi connectivity index (χ4v) is 2.62. The van der Waals surface area contributed by atoms with Gasteiger partial charge < -0.3 is 10.2 Å². The molecule has 0 amide bonds. The molecular formula is C17H24O5. The average Bonchev–Trinajstić information content (AvgIpc) is 2.55. The molecule has 0 saturated carbocycles. The number of Topliss-reactive ketones (excluding diaryl/α,β-unsaturated/α-hetero) is 3. The molecule has 0 fully saturated rings. The summed E-state index contributed by atoms with van der Waals surface area (Å²) in [5, 5.41) is 20.8. The number of aliphatic hydroxyl groups excluding tert-OH is 1. The van der Waals surface area contributed by atoms with Crippen LogP contribution in [0, 0.1) is 11.8 Å². The third kappa shape index (κ3) is 3.19. The molecule has 0 unspecified atom stereocenters. The summed E-state index contributed by atoms with van der Waals surface area (Å²) in [4.78, 5) is 36.5. The second-order valence-electron chi connectivity index (χ2n) is 6.50. The van der Waals surface area contributed by atoms with E-state index in [0.29, 0.717) is 0 Å². The van der Waals surface area contributed by atoms with E-state index in [-0.39, 0.29) is 18.8 Å². The Morgan fingerprint density at radius 2 is 1.82 bits per heavy atom. The SMILES string of the molecule is CC(=O)[C@]1(O)C(O)=C(C(=O)CC(C)C)C(=O)[C@@H]1CC=C(C)C. The van der Waals surface area contributed by atoms with Crippen LogP contribution in [0.1, 0.15) is 47.5 Å². The number of aliphatic hydroxyl groups is 2. The van der Waals surface area contributed by atoms with Crippen LogP contribution in [0.25, 0.3) is 0 Å². The molecule has 0 bridgehead atoms. The first-order valence-electron chi connectivity index (χ1n) is 7.41. The van der Waals surface area contributed by atoms with Crippen LogP contribution in [0.3, 0.4) is 0 Å². The van der Waals surface area contributed by atoms with Gasteiger partial charge in [0.05, 0.1) is 5.92 Å². The number of carbonyl (C=O) groups is 3. The zero-order valence-corrected chi connectivity index (χ0v) is 13.8. The molecule has 1 aliphatic carbocycles. The Morgan fingerprint density at radius 1 is 1.27 bits per heavy atom. The second kappa shape index (κ2) is 6.57. The number of allylic oxidation sites excluding steroid dienone is 3. The first-order valence-corrected chi connectivity index (χ1v) is 7.41. The average molecular weight is 308 g/mol. The molecule has 0 heterocycles.